The fourth-order valence-electron chi connectivity index (χ4n) is 8.46. The highest BCUT2D eigenvalue weighted by Gasteiger charge is 2.36. The number of methoxy groups -OCH3 is 1. The molecule has 0 saturated heterocycles. The lowest BCUT2D eigenvalue weighted by atomic mass is 9.86. The molecule has 0 spiro atoms. The van der Waals surface area contributed by atoms with Crippen LogP contribution in [0.5, 0.6) is 11.5 Å². The van der Waals surface area contributed by atoms with Gasteiger partial charge in [0.25, 0.3) is 0 Å². The number of likely N-dealkylation sites (N-methyl/N-ethyl adjacent to an activating group) is 1. The van der Waals surface area contributed by atoms with Crippen molar-refractivity contribution in [3.05, 3.63) is 145 Å². The highest BCUT2D eigenvalue weighted by molar-refractivity contribution is 6.42. The van der Waals surface area contributed by atoms with Crippen LogP contribution < -0.4 is 14.8 Å². The number of aromatic nitrogens is 1. The number of carbonyl (C=O) groups excluding carboxylic acids is 3. The standard InChI is InChI=1S/C50H53Cl3N4O6/c1-7-46(35-12-15-41(51)43(53)23-35)63-39-13-10-31(11-14-39)32-17-19-62-47-26-36-25-45(57(28-48(58)56(4)5)27-38(36)21-37(47)20-32)49(59)55-44(50(60)61-6)24-34-9-8-33(22-42(34)52)40-16-18-54-30(3)29(40)2/h8-16,18,21-23,26,32,44-46H,7,17,19-20,24-25,27-28H2,1-6H3,(H,55,59)/t32?,44-,45-,46?/m0/s1. The summed E-state index contributed by atoms with van der Waals surface area (Å²) < 4.78 is 17.9. The SMILES string of the molecule is CCC(Oc1ccc(C2CCOc3cc4c(cc3C2)CN(CC(=O)N(C)C)[C@H](C(=O)N[C@@H](Cc2ccc(-c3ccnc(C)c3C)cc2Cl)C(=O)OC)C4)cc1)c1ccc(Cl)c(Cl)c1. The summed E-state index contributed by atoms with van der Waals surface area (Å²) >= 11 is 19.3. The summed E-state index contributed by atoms with van der Waals surface area (Å²) in [6.07, 6.45) is 4.37. The molecule has 3 heterocycles. The van der Waals surface area contributed by atoms with Crippen molar-refractivity contribution in [2.75, 3.05) is 34.4 Å². The zero-order valence-electron chi connectivity index (χ0n) is 36.5. The average Bonchev–Trinajstić information content (AvgIpc) is 3.48. The van der Waals surface area contributed by atoms with Gasteiger partial charge in [-0.3, -0.25) is 19.5 Å². The number of carbonyl (C=O) groups is 3. The van der Waals surface area contributed by atoms with E-state index in [2.05, 4.69) is 41.5 Å². The number of ether oxygens (including phenoxy) is 3. The average molecular weight is 912 g/mol. The smallest absolute Gasteiger partial charge is 0.328 e. The van der Waals surface area contributed by atoms with E-state index in [9.17, 15) is 14.4 Å². The molecule has 63 heavy (non-hydrogen) atoms. The lowest BCUT2D eigenvalue weighted by Crippen LogP contribution is -2.56. The van der Waals surface area contributed by atoms with Crippen molar-refractivity contribution in [2.45, 2.75) is 83.5 Å². The maximum absolute atomic E-state index is 14.4. The van der Waals surface area contributed by atoms with E-state index in [4.69, 9.17) is 49.0 Å². The summed E-state index contributed by atoms with van der Waals surface area (Å²) in [5.41, 5.74) is 9.82. The fraction of sp³-hybridized carbons (Fsp3) is 0.360. The highest BCUT2D eigenvalue weighted by atomic mass is 35.5. The van der Waals surface area contributed by atoms with Crippen LogP contribution in [0, 0.1) is 13.8 Å². The molecule has 330 valence electrons. The van der Waals surface area contributed by atoms with Gasteiger partial charge in [-0.1, -0.05) is 78.1 Å². The second-order valence-electron chi connectivity index (χ2n) is 16.6. The molecule has 5 aromatic rings. The Morgan fingerprint density at radius 3 is 2.38 bits per heavy atom. The molecular formula is C50H53Cl3N4O6. The molecule has 2 amide bonds. The number of rotatable bonds is 13. The zero-order chi connectivity index (χ0) is 44.9. The summed E-state index contributed by atoms with van der Waals surface area (Å²) in [5, 5.41) is 4.44. The van der Waals surface area contributed by atoms with Crippen LogP contribution >= 0.6 is 34.8 Å². The Balaban J connectivity index is 1.08. The minimum absolute atomic E-state index is 0.0170. The van der Waals surface area contributed by atoms with Gasteiger partial charge in [0.2, 0.25) is 11.8 Å². The zero-order valence-corrected chi connectivity index (χ0v) is 38.7. The van der Waals surface area contributed by atoms with E-state index >= 15 is 0 Å². The van der Waals surface area contributed by atoms with Gasteiger partial charge in [-0.2, -0.15) is 0 Å². The molecular weight excluding hydrogens is 859 g/mol. The van der Waals surface area contributed by atoms with E-state index in [-0.39, 0.29) is 36.8 Å². The Bertz CT molecular complexity index is 2500. The lowest BCUT2D eigenvalue weighted by molar-refractivity contribution is -0.146. The van der Waals surface area contributed by atoms with Crippen molar-refractivity contribution in [1.82, 2.24) is 20.1 Å². The Morgan fingerprint density at radius 2 is 1.68 bits per heavy atom. The van der Waals surface area contributed by atoms with Crippen molar-refractivity contribution in [1.29, 1.82) is 0 Å². The largest absolute Gasteiger partial charge is 0.493 e. The summed E-state index contributed by atoms with van der Waals surface area (Å²) in [6.45, 7) is 6.96. The van der Waals surface area contributed by atoms with E-state index in [0.29, 0.717) is 40.2 Å². The van der Waals surface area contributed by atoms with Crippen LogP contribution in [-0.2, 0) is 44.9 Å². The van der Waals surface area contributed by atoms with Gasteiger partial charge in [-0.25, -0.2) is 4.79 Å². The summed E-state index contributed by atoms with van der Waals surface area (Å²) in [7, 11) is 4.69. The Kier molecular flexibility index (Phi) is 14.7. The number of hydrogen-bond donors (Lipinski definition) is 1. The Hall–Kier alpha value is -5.13. The second-order valence-corrected chi connectivity index (χ2v) is 17.8. The number of hydrogen-bond acceptors (Lipinski definition) is 8. The maximum Gasteiger partial charge on any atom is 0.328 e. The minimum atomic E-state index is -1.02. The number of amides is 2. The summed E-state index contributed by atoms with van der Waals surface area (Å²) in [4.78, 5) is 48.6. The van der Waals surface area contributed by atoms with Crippen molar-refractivity contribution >= 4 is 52.6 Å². The molecule has 13 heteroatoms. The van der Waals surface area contributed by atoms with Crippen LogP contribution in [0.2, 0.25) is 15.1 Å². The summed E-state index contributed by atoms with van der Waals surface area (Å²) in [5.74, 6) is 0.643. The van der Waals surface area contributed by atoms with Gasteiger partial charge in [0.15, 0.2) is 0 Å². The van der Waals surface area contributed by atoms with Gasteiger partial charge in [0.1, 0.15) is 23.6 Å². The number of fused-ring (bicyclic) bond motifs is 2. The molecule has 0 radical (unpaired) electrons. The Labute approximate surface area is 384 Å². The molecule has 1 N–H and O–H groups in total. The molecule has 10 nitrogen and oxygen atoms in total. The quantitative estimate of drug-likeness (QED) is 0.116. The number of pyridine rings is 1. The first-order chi connectivity index (χ1) is 30.2. The van der Waals surface area contributed by atoms with Crippen molar-refractivity contribution in [3.63, 3.8) is 0 Å². The second kappa shape index (κ2) is 20.1. The number of aryl methyl sites for hydroxylation is 1. The molecule has 4 aromatic carbocycles. The third-order valence-electron chi connectivity index (χ3n) is 12.3. The van der Waals surface area contributed by atoms with E-state index < -0.39 is 18.1 Å². The third-order valence-corrected chi connectivity index (χ3v) is 13.4. The number of halogens is 3. The molecule has 2 unspecified atom stereocenters. The predicted molar refractivity (Wildman–Crippen MR) is 248 cm³/mol. The fourth-order valence-corrected chi connectivity index (χ4v) is 9.02. The van der Waals surface area contributed by atoms with Gasteiger partial charge in [0, 0.05) is 44.0 Å². The minimum Gasteiger partial charge on any atom is -0.493 e. The number of nitrogens with zero attached hydrogens (tertiary/aromatic N) is 3. The van der Waals surface area contributed by atoms with Gasteiger partial charge < -0.3 is 24.4 Å². The molecule has 0 fully saturated rings. The number of esters is 1. The van der Waals surface area contributed by atoms with Gasteiger partial charge in [-0.15, -0.1) is 0 Å². The third kappa shape index (κ3) is 10.6. The van der Waals surface area contributed by atoms with Crippen LogP contribution in [0.15, 0.2) is 85.1 Å². The number of benzene rings is 4. The molecule has 2 aliphatic rings. The van der Waals surface area contributed by atoms with Crippen molar-refractivity contribution in [2.24, 2.45) is 0 Å². The van der Waals surface area contributed by atoms with E-state index in [1.54, 1.807) is 26.4 Å². The molecule has 1 aromatic heterocycles. The molecule has 0 saturated carbocycles. The van der Waals surface area contributed by atoms with Gasteiger partial charge in [-0.05, 0) is 138 Å². The maximum atomic E-state index is 14.4. The van der Waals surface area contributed by atoms with Crippen LogP contribution in [0.3, 0.4) is 0 Å². The first-order valence-corrected chi connectivity index (χ1v) is 22.4. The van der Waals surface area contributed by atoms with Crippen LogP contribution in [0.4, 0.5) is 0 Å². The van der Waals surface area contributed by atoms with E-state index in [0.717, 1.165) is 75.4 Å². The first kappa shape index (κ1) is 45.9. The van der Waals surface area contributed by atoms with E-state index in [1.807, 2.05) is 67.3 Å². The molecule has 4 atom stereocenters. The Morgan fingerprint density at radius 1 is 0.905 bits per heavy atom. The molecule has 0 bridgehead atoms. The predicted octanol–water partition coefficient (Wildman–Crippen LogP) is 9.68. The summed E-state index contributed by atoms with van der Waals surface area (Å²) in [6, 6.07) is 24.0. The molecule has 7 rings (SSSR count). The lowest BCUT2D eigenvalue weighted by Gasteiger charge is -2.37. The number of nitrogens with one attached hydrogen (secondary N) is 1. The van der Waals surface area contributed by atoms with Crippen molar-refractivity contribution < 1.29 is 28.6 Å². The van der Waals surface area contributed by atoms with Gasteiger partial charge in [0.05, 0.1) is 36.3 Å². The van der Waals surface area contributed by atoms with E-state index in [1.165, 1.54) is 17.6 Å². The topological polar surface area (TPSA) is 110 Å². The van der Waals surface area contributed by atoms with Gasteiger partial charge >= 0.3 is 5.97 Å². The molecule has 2 aliphatic heterocycles. The highest BCUT2D eigenvalue weighted by Crippen LogP contribution is 2.38. The normalized spacial score (nSPS) is 17.0. The van der Waals surface area contributed by atoms with Crippen LogP contribution in [0.25, 0.3) is 11.1 Å². The molecule has 0 aliphatic carbocycles. The van der Waals surface area contributed by atoms with Crippen LogP contribution in [-0.4, -0.2) is 79.0 Å². The van der Waals surface area contributed by atoms with Crippen molar-refractivity contribution in [3.8, 4) is 22.6 Å². The monoisotopic (exact) mass is 910 g/mol. The first-order valence-electron chi connectivity index (χ1n) is 21.2. The van der Waals surface area contributed by atoms with Crippen LogP contribution in [0.1, 0.15) is 76.4 Å².